The number of aromatic nitrogens is 1. The van der Waals surface area contributed by atoms with E-state index in [1.165, 1.54) is 0 Å². The number of ether oxygens (including phenoxy) is 1. The van der Waals surface area contributed by atoms with Crippen molar-refractivity contribution in [3.63, 3.8) is 0 Å². The van der Waals surface area contributed by atoms with Crippen molar-refractivity contribution < 1.29 is 14.6 Å². The molecule has 0 fully saturated rings. The largest absolute Gasteiger partial charge is 0.395 e. The quantitative estimate of drug-likeness (QED) is 0.794. The monoisotopic (exact) mass is 254 g/mol. The first-order valence-electron chi connectivity index (χ1n) is 6.17. The van der Waals surface area contributed by atoms with Crippen molar-refractivity contribution in [1.29, 1.82) is 0 Å². The van der Waals surface area contributed by atoms with Crippen LogP contribution in [0, 0.1) is 0 Å². The second-order valence-electron chi connectivity index (χ2n) is 4.40. The average molecular weight is 254 g/mol. The second kappa shape index (κ2) is 7.18. The van der Waals surface area contributed by atoms with Crippen molar-refractivity contribution in [1.82, 2.24) is 9.47 Å². The molecule has 1 aromatic heterocycles. The van der Waals surface area contributed by atoms with Crippen LogP contribution < -0.4 is 0 Å². The van der Waals surface area contributed by atoms with Gasteiger partial charge in [-0.3, -0.25) is 4.79 Å². The zero-order valence-electron chi connectivity index (χ0n) is 11.3. The smallest absolute Gasteiger partial charge is 0.270 e. The van der Waals surface area contributed by atoms with Gasteiger partial charge in [0.2, 0.25) is 0 Å². The number of nitrogens with zero attached hydrogens (tertiary/aromatic N) is 2. The first-order chi connectivity index (χ1) is 8.61. The van der Waals surface area contributed by atoms with Gasteiger partial charge in [0.15, 0.2) is 0 Å². The summed E-state index contributed by atoms with van der Waals surface area (Å²) in [5.74, 6) is -0.0696. The molecule has 5 nitrogen and oxygen atoms in total. The van der Waals surface area contributed by atoms with Gasteiger partial charge in [-0.25, -0.2) is 0 Å². The number of methoxy groups -OCH3 is 1. The Bertz CT molecular complexity index is 374. The third kappa shape index (κ3) is 3.58. The lowest BCUT2D eigenvalue weighted by atomic mass is 10.3. The number of hydrogen-bond acceptors (Lipinski definition) is 3. The summed E-state index contributed by atoms with van der Waals surface area (Å²) in [5, 5.41) is 9.02. The molecule has 1 amide bonds. The molecule has 18 heavy (non-hydrogen) atoms. The number of hydrogen-bond donors (Lipinski definition) is 1. The first-order valence-corrected chi connectivity index (χ1v) is 6.17. The number of rotatable bonds is 7. The summed E-state index contributed by atoms with van der Waals surface area (Å²) in [5.41, 5.74) is 0.648. The Hall–Kier alpha value is -1.33. The highest BCUT2D eigenvalue weighted by Crippen LogP contribution is 2.13. The molecule has 1 aromatic rings. The zero-order chi connectivity index (χ0) is 13.5. The highest BCUT2D eigenvalue weighted by molar-refractivity contribution is 5.92. The molecule has 0 radical (unpaired) electrons. The first kappa shape index (κ1) is 14.7. The van der Waals surface area contributed by atoms with Crippen molar-refractivity contribution in [2.45, 2.75) is 19.9 Å². The van der Waals surface area contributed by atoms with Crippen LogP contribution in [0.25, 0.3) is 0 Å². The minimum Gasteiger partial charge on any atom is -0.395 e. The Labute approximate surface area is 108 Å². The van der Waals surface area contributed by atoms with Crippen molar-refractivity contribution in [3.05, 3.63) is 24.0 Å². The standard InChI is InChI=1S/C13H22N2O3/c1-11(2)15-6-4-5-12(15)13(17)14(7-9-16)8-10-18-3/h4-6,11,16H,7-10H2,1-3H3. The van der Waals surface area contributed by atoms with Crippen LogP contribution >= 0.6 is 0 Å². The molecule has 0 saturated carbocycles. The van der Waals surface area contributed by atoms with Crippen LogP contribution in [0.4, 0.5) is 0 Å². The Kier molecular flexibility index (Phi) is 5.88. The molecular formula is C13H22N2O3. The maximum Gasteiger partial charge on any atom is 0.270 e. The van der Waals surface area contributed by atoms with E-state index in [9.17, 15) is 4.79 Å². The van der Waals surface area contributed by atoms with E-state index in [1.54, 1.807) is 18.1 Å². The molecule has 5 heteroatoms. The van der Waals surface area contributed by atoms with Gasteiger partial charge in [0, 0.05) is 32.4 Å². The maximum absolute atomic E-state index is 12.4. The summed E-state index contributed by atoms with van der Waals surface area (Å²) in [4.78, 5) is 14.0. The number of aliphatic hydroxyl groups excluding tert-OH is 1. The van der Waals surface area contributed by atoms with Gasteiger partial charge in [-0.1, -0.05) is 0 Å². The Morgan fingerprint density at radius 3 is 2.78 bits per heavy atom. The minimum absolute atomic E-state index is 0.0438. The fraction of sp³-hybridized carbons (Fsp3) is 0.615. The third-order valence-electron chi connectivity index (χ3n) is 2.78. The molecule has 1 heterocycles. The van der Waals surface area contributed by atoms with Gasteiger partial charge in [-0.05, 0) is 26.0 Å². The van der Waals surface area contributed by atoms with Crippen molar-refractivity contribution in [3.8, 4) is 0 Å². The van der Waals surface area contributed by atoms with Crippen molar-refractivity contribution in [2.75, 3.05) is 33.4 Å². The lowest BCUT2D eigenvalue weighted by Gasteiger charge is -2.23. The van der Waals surface area contributed by atoms with Crippen molar-refractivity contribution in [2.24, 2.45) is 0 Å². The molecule has 0 aliphatic heterocycles. The summed E-state index contributed by atoms with van der Waals surface area (Å²) in [6.45, 7) is 5.29. The minimum atomic E-state index is -0.0696. The average Bonchev–Trinajstić information content (AvgIpc) is 2.82. The molecule has 0 aliphatic rings. The highest BCUT2D eigenvalue weighted by atomic mass is 16.5. The number of carbonyl (C=O) groups is 1. The van der Waals surface area contributed by atoms with E-state index in [2.05, 4.69) is 0 Å². The number of amides is 1. The molecule has 0 unspecified atom stereocenters. The molecule has 1 N–H and O–H groups in total. The van der Waals surface area contributed by atoms with E-state index in [-0.39, 0.29) is 18.6 Å². The molecule has 0 aromatic carbocycles. The summed E-state index contributed by atoms with van der Waals surface area (Å²) in [6, 6.07) is 3.90. The molecule has 0 spiro atoms. The highest BCUT2D eigenvalue weighted by Gasteiger charge is 2.19. The van der Waals surface area contributed by atoms with E-state index >= 15 is 0 Å². The lowest BCUT2D eigenvalue weighted by molar-refractivity contribution is 0.0644. The predicted molar refractivity (Wildman–Crippen MR) is 69.7 cm³/mol. The molecule has 0 aliphatic carbocycles. The third-order valence-corrected chi connectivity index (χ3v) is 2.78. The van der Waals surface area contributed by atoms with Gasteiger partial charge in [-0.15, -0.1) is 0 Å². The molecule has 0 bridgehead atoms. The van der Waals surface area contributed by atoms with E-state index in [1.807, 2.05) is 30.7 Å². The van der Waals surface area contributed by atoms with E-state index in [0.29, 0.717) is 25.4 Å². The molecular weight excluding hydrogens is 232 g/mol. The van der Waals surface area contributed by atoms with Crippen LogP contribution in [-0.4, -0.2) is 53.9 Å². The fourth-order valence-corrected chi connectivity index (χ4v) is 1.82. The lowest BCUT2D eigenvalue weighted by Crippen LogP contribution is -2.37. The van der Waals surface area contributed by atoms with Gasteiger partial charge in [0.25, 0.3) is 5.91 Å². The molecule has 0 atom stereocenters. The second-order valence-corrected chi connectivity index (χ2v) is 4.40. The number of aliphatic hydroxyl groups is 1. The maximum atomic E-state index is 12.4. The SMILES string of the molecule is COCCN(CCO)C(=O)c1cccn1C(C)C. The van der Waals surface area contributed by atoms with Crippen LogP contribution in [0.1, 0.15) is 30.4 Å². The van der Waals surface area contributed by atoms with Crippen LogP contribution in [0.3, 0.4) is 0 Å². The summed E-state index contributed by atoms with van der Waals surface area (Å²) in [6.07, 6.45) is 1.89. The van der Waals surface area contributed by atoms with Gasteiger partial charge < -0.3 is 19.3 Å². The van der Waals surface area contributed by atoms with Gasteiger partial charge in [-0.2, -0.15) is 0 Å². The molecule has 0 saturated heterocycles. The Morgan fingerprint density at radius 1 is 1.50 bits per heavy atom. The molecule has 1 rings (SSSR count). The van der Waals surface area contributed by atoms with Crippen LogP contribution in [0.15, 0.2) is 18.3 Å². The van der Waals surface area contributed by atoms with Gasteiger partial charge >= 0.3 is 0 Å². The van der Waals surface area contributed by atoms with E-state index < -0.39 is 0 Å². The van der Waals surface area contributed by atoms with Crippen LogP contribution in [0.5, 0.6) is 0 Å². The predicted octanol–water partition coefficient (Wildman–Crippen LogP) is 1.15. The Morgan fingerprint density at radius 2 is 2.22 bits per heavy atom. The van der Waals surface area contributed by atoms with Crippen LogP contribution in [0.2, 0.25) is 0 Å². The van der Waals surface area contributed by atoms with Crippen molar-refractivity contribution >= 4 is 5.91 Å². The summed E-state index contributed by atoms with van der Waals surface area (Å²) >= 11 is 0. The van der Waals surface area contributed by atoms with Gasteiger partial charge in [0.05, 0.1) is 13.2 Å². The normalized spacial score (nSPS) is 10.9. The summed E-state index contributed by atoms with van der Waals surface area (Å²) < 4.78 is 6.91. The Balaban J connectivity index is 2.84. The summed E-state index contributed by atoms with van der Waals surface area (Å²) in [7, 11) is 1.60. The number of carbonyl (C=O) groups excluding carboxylic acids is 1. The zero-order valence-corrected chi connectivity index (χ0v) is 11.3. The van der Waals surface area contributed by atoms with E-state index in [4.69, 9.17) is 9.84 Å². The van der Waals surface area contributed by atoms with Gasteiger partial charge in [0.1, 0.15) is 5.69 Å². The molecule has 102 valence electrons. The fourth-order valence-electron chi connectivity index (χ4n) is 1.82. The van der Waals surface area contributed by atoms with E-state index in [0.717, 1.165) is 0 Å². The topological polar surface area (TPSA) is 54.7 Å². The van der Waals surface area contributed by atoms with Crippen LogP contribution in [-0.2, 0) is 4.74 Å².